The maximum absolute atomic E-state index is 12.8. The van der Waals surface area contributed by atoms with E-state index < -0.39 is 11.9 Å². The maximum Gasteiger partial charge on any atom is 0.321 e. The molecule has 2 aromatic rings. The van der Waals surface area contributed by atoms with E-state index in [1.54, 1.807) is 11.3 Å². The van der Waals surface area contributed by atoms with E-state index >= 15 is 0 Å². The highest BCUT2D eigenvalue weighted by Crippen LogP contribution is 2.35. The topological polar surface area (TPSA) is 93.1 Å². The van der Waals surface area contributed by atoms with E-state index in [2.05, 4.69) is 22.5 Å². The molecule has 0 aromatic carbocycles. The lowest BCUT2D eigenvalue weighted by Crippen LogP contribution is -2.43. The number of aryl methyl sites for hydroxylation is 1. The molecule has 140 valence electrons. The van der Waals surface area contributed by atoms with Crippen molar-refractivity contribution in [3.8, 4) is 0 Å². The van der Waals surface area contributed by atoms with Gasteiger partial charge in [0.2, 0.25) is 5.91 Å². The predicted molar refractivity (Wildman–Crippen MR) is 101 cm³/mol. The summed E-state index contributed by atoms with van der Waals surface area (Å²) < 4.78 is 1.28. The van der Waals surface area contributed by atoms with Gasteiger partial charge < -0.3 is 5.32 Å². The molecule has 1 atom stereocenters. The molecule has 0 aliphatic heterocycles. The summed E-state index contributed by atoms with van der Waals surface area (Å²) in [5, 5.41) is 5.49. The number of thiophene rings is 1. The Kier molecular flexibility index (Phi) is 5.41. The number of aromatic nitrogens is 2. The first-order valence-electron chi connectivity index (χ1n) is 8.92. The molecule has 1 aliphatic rings. The van der Waals surface area contributed by atoms with Crippen molar-refractivity contribution >= 4 is 33.5 Å². The highest BCUT2D eigenvalue weighted by atomic mass is 32.1. The maximum atomic E-state index is 12.8. The third kappa shape index (κ3) is 3.95. The Bertz CT molecular complexity index is 900. The highest BCUT2D eigenvalue weighted by Gasteiger charge is 2.23. The van der Waals surface area contributed by atoms with Crippen molar-refractivity contribution in [1.82, 2.24) is 20.2 Å². The van der Waals surface area contributed by atoms with Gasteiger partial charge in [0.15, 0.2) is 0 Å². The van der Waals surface area contributed by atoms with Gasteiger partial charge in [-0.25, -0.2) is 9.78 Å². The van der Waals surface area contributed by atoms with Crippen LogP contribution in [-0.2, 0) is 24.2 Å². The molecule has 0 saturated carbocycles. The van der Waals surface area contributed by atoms with E-state index in [4.69, 9.17) is 0 Å². The lowest BCUT2D eigenvalue weighted by Gasteiger charge is -2.17. The van der Waals surface area contributed by atoms with Crippen LogP contribution in [0.15, 0.2) is 11.1 Å². The van der Waals surface area contributed by atoms with Crippen molar-refractivity contribution in [3.05, 3.63) is 27.1 Å². The lowest BCUT2D eigenvalue weighted by atomic mass is 9.89. The van der Waals surface area contributed by atoms with Crippen LogP contribution < -0.4 is 16.2 Å². The van der Waals surface area contributed by atoms with Gasteiger partial charge in [-0.2, -0.15) is 0 Å². The lowest BCUT2D eigenvalue weighted by molar-refractivity contribution is -0.120. The minimum Gasteiger partial charge on any atom is -0.338 e. The van der Waals surface area contributed by atoms with E-state index in [1.165, 1.54) is 15.8 Å². The van der Waals surface area contributed by atoms with Gasteiger partial charge in [0.25, 0.3) is 5.56 Å². The summed E-state index contributed by atoms with van der Waals surface area (Å²) in [4.78, 5) is 42.9. The summed E-state index contributed by atoms with van der Waals surface area (Å²) in [6.45, 7) is 6.40. The second-order valence-electron chi connectivity index (χ2n) is 7.36. The third-order valence-electron chi connectivity index (χ3n) is 4.52. The minimum atomic E-state index is -0.548. The molecular formula is C18H24N4O3S. The fourth-order valence-electron chi connectivity index (χ4n) is 3.14. The van der Waals surface area contributed by atoms with Gasteiger partial charge in [0.05, 0.1) is 11.7 Å². The number of amides is 3. The SMILES string of the molecule is CC(C)CNC(=O)NC(=O)Cn1cnc2sc3c(c2c1=O)CC[C@H](C)C3. The summed E-state index contributed by atoms with van der Waals surface area (Å²) in [6.07, 6.45) is 4.30. The standard InChI is InChI=1S/C18H24N4O3S/c1-10(2)7-19-18(25)21-14(23)8-22-9-20-16-15(17(22)24)12-5-4-11(3)6-13(12)26-16/h9-11H,4-8H2,1-3H3,(H2,19,21,23,25)/t11-/m0/s1. The largest absolute Gasteiger partial charge is 0.338 e. The molecule has 2 aromatic heterocycles. The molecule has 26 heavy (non-hydrogen) atoms. The first-order chi connectivity index (χ1) is 12.3. The summed E-state index contributed by atoms with van der Waals surface area (Å²) in [6, 6.07) is -0.548. The van der Waals surface area contributed by atoms with Crippen molar-refractivity contribution in [1.29, 1.82) is 0 Å². The molecule has 0 spiro atoms. The fraction of sp³-hybridized carbons (Fsp3) is 0.556. The summed E-state index contributed by atoms with van der Waals surface area (Å²) in [7, 11) is 0. The molecule has 0 radical (unpaired) electrons. The number of fused-ring (bicyclic) bond motifs is 3. The van der Waals surface area contributed by atoms with E-state index in [1.807, 2.05) is 13.8 Å². The van der Waals surface area contributed by atoms with Crippen LogP contribution in [0.5, 0.6) is 0 Å². The van der Waals surface area contributed by atoms with Crippen LogP contribution in [0, 0.1) is 11.8 Å². The molecular weight excluding hydrogens is 352 g/mol. The molecule has 8 heteroatoms. The number of nitrogens with zero attached hydrogens (tertiary/aromatic N) is 2. The van der Waals surface area contributed by atoms with E-state index in [0.717, 1.165) is 29.7 Å². The Hall–Kier alpha value is -2.22. The average Bonchev–Trinajstić information content (AvgIpc) is 2.93. The molecule has 0 bridgehead atoms. The number of hydrogen-bond acceptors (Lipinski definition) is 5. The monoisotopic (exact) mass is 376 g/mol. The van der Waals surface area contributed by atoms with Crippen molar-refractivity contribution in [2.24, 2.45) is 11.8 Å². The van der Waals surface area contributed by atoms with E-state index in [9.17, 15) is 14.4 Å². The number of urea groups is 1. The van der Waals surface area contributed by atoms with Crippen LogP contribution in [0.3, 0.4) is 0 Å². The highest BCUT2D eigenvalue weighted by molar-refractivity contribution is 7.18. The van der Waals surface area contributed by atoms with Crippen LogP contribution in [0.25, 0.3) is 10.2 Å². The number of hydrogen-bond donors (Lipinski definition) is 2. The van der Waals surface area contributed by atoms with Crippen LogP contribution in [0.1, 0.15) is 37.6 Å². The normalized spacial score (nSPS) is 16.5. The predicted octanol–water partition coefficient (Wildman–Crippen LogP) is 2.06. The summed E-state index contributed by atoms with van der Waals surface area (Å²) in [5.41, 5.74) is 0.879. The second-order valence-corrected chi connectivity index (χ2v) is 8.45. The summed E-state index contributed by atoms with van der Waals surface area (Å²) in [5.74, 6) is 0.373. The third-order valence-corrected chi connectivity index (χ3v) is 5.68. The smallest absolute Gasteiger partial charge is 0.321 e. The number of nitrogens with one attached hydrogen (secondary N) is 2. The van der Waals surface area contributed by atoms with Crippen molar-refractivity contribution in [2.75, 3.05) is 6.54 Å². The van der Waals surface area contributed by atoms with Crippen LogP contribution in [0.4, 0.5) is 4.79 Å². The molecule has 2 heterocycles. The molecule has 0 unspecified atom stereocenters. The van der Waals surface area contributed by atoms with Gasteiger partial charge >= 0.3 is 6.03 Å². The van der Waals surface area contributed by atoms with Gasteiger partial charge in [-0.3, -0.25) is 19.5 Å². The minimum absolute atomic E-state index is 0.209. The molecule has 7 nitrogen and oxygen atoms in total. The zero-order valence-electron chi connectivity index (χ0n) is 15.3. The number of rotatable bonds is 4. The first kappa shape index (κ1) is 18.6. The van der Waals surface area contributed by atoms with Crippen molar-refractivity contribution in [3.63, 3.8) is 0 Å². The number of carbonyl (C=O) groups is 2. The van der Waals surface area contributed by atoms with Gasteiger partial charge in [-0.1, -0.05) is 20.8 Å². The van der Waals surface area contributed by atoms with Crippen molar-refractivity contribution < 1.29 is 9.59 Å². The molecule has 0 fully saturated rings. The zero-order valence-corrected chi connectivity index (χ0v) is 16.1. The van der Waals surface area contributed by atoms with Crippen LogP contribution >= 0.6 is 11.3 Å². The molecule has 0 saturated heterocycles. The number of imide groups is 1. The Labute approximate surface area is 155 Å². The second kappa shape index (κ2) is 7.57. The van der Waals surface area contributed by atoms with Crippen molar-refractivity contribution in [2.45, 2.75) is 46.6 Å². The molecule has 1 aliphatic carbocycles. The summed E-state index contributed by atoms with van der Waals surface area (Å²) >= 11 is 1.58. The van der Waals surface area contributed by atoms with Gasteiger partial charge in [-0.05, 0) is 36.7 Å². The Morgan fingerprint density at radius 3 is 2.92 bits per heavy atom. The van der Waals surface area contributed by atoms with Crippen LogP contribution in [-0.4, -0.2) is 28.0 Å². The molecule has 2 N–H and O–H groups in total. The van der Waals surface area contributed by atoms with Gasteiger partial charge in [0.1, 0.15) is 11.4 Å². The Morgan fingerprint density at radius 1 is 1.42 bits per heavy atom. The van der Waals surface area contributed by atoms with E-state index in [0.29, 0.717) is 17.8 Å². The first-order valence-corrected chi connectivity index (χ1v) is 9.74. The Balaban J connectivity index is 1.77. The van der Waals surface area contributed by atoms with E-state index in [-0.39, 0.29) is 18.0 Å². The van der Waals surface area contributed by atoms with Gasteiger partial charge in [-0.15, -0.1) is 11.3 Å². The Morgan fingerprint density at radius 2 is 2.19 bits per heavy atom. The quantitative estimate of drug-likeness (QED) is 0.854. The average molecular weight is 376 g/mol. The fourth-order valence-corrected chi connectivity index (χ4v) is 4.48. The van der Waals surface area contributed by atoms with Gasteiger partial charge in [0, 0.05) is 11.4 Å². The molecule has 3 rings (SSSR count). The zero-order chi connectivity index (χ0) is 18.8. The molecule has 3 amide bonds. The van der Waals surface area contributed by atoms with Crippen LogP contribution in [0.2, 0.25) is 0 Å². The number of carbonyl (C=O) groups excluding carboxylic acids is 2.